The van der Waals surface area contributed by atoms with E-state index in [1.807, 2.05) is 36.7 Å². The molecule has 1 atom stereocenters. The SMILES string of the molecule is Cc1ccc(-n2cncc2[C@@H](C)N)cn1. The summed E-state index contributed by atoms with van der Waals surface area (Å²) in [4.78, 5) is 8.34. The molecule has 0 radical (unpaired) electrons. The summed E-state index contributed by atoms with van der Waals surface area (Å²) in [6, 6.07) is 3.95. The molecule has 2 N–H and O–H groups in total. The van der Waals surface area contributed by atoms with Gasteiger partial charge >= 0.3 is 0 Å². The Morgan fingerprint density at radius 2 is 2.13 bits per heavy atom. The van der Waals surface area contributed by atoms with E-state index in [2.05, 4.69) is 9.97 Å². The van der Waals surface area contributed by atoms with Gasteiger partial charge in [0.05, 0.1) is 30.1 Å². The molecule has 0 aliphatic heterocycles. The number of pyridine rings is 1. The average molecular weight is 202 g/mol. The predicted octanol–water partition coefficient (Wildman–Crippen LogP) is 1.60. The molecule has 0 amide bonds. The Kier molecular flexibility index (Phi) is 2.51. The van der Waals surface area contributed by atoms with E-state index >= 15 is 0 Å². The Labute approximate surface area is 88.8 Å². The number of aromatic nitrogens is 3. The maximum Gasteiger partial charge on any atom is 0.0995 e. The second-order valence-electron chi connectivity index (χ2n) is 3.63. The first-order valence-corrected chi connectivity index (χ1v) is 4.89. The fourth-order valence-corrected chi connectivity index (χ4v) is 1.46. The molecule has 0 bridgehead atoms. The van der Waals surface area contributed by atoms with Gasteiger partial charge in [-0.05, 0) is 26.0 Å². The molecule has 2 aromatic heterocycles. The number of rotatable bonds is 2. The van der Waals surface area contributed by atoms with Gasteiger partial charge in [-0.3, -0.25) is 4.98 Å². The van der Waals surface area contributed by atoms with E-state index in [4.69, 9.17) is 5.73 Å². The van der Waals surface area contributed by atoms with Crippen LogP contribution < -0.4 is 5.73 Å². The van der Waals surface area contributed by atoms with Crippen LogP contribution >= 0.6 is 0 Å². The normalized spacial score (nSPS) is 12.7. The maximum absolute atomic E-state index is 5.84. The summed E-state index contributed by atoms with van der Waals surface area (Å²) in [5.74, 6) is 0. The average Bonchev–Trinajstić information content (AvgIpc) is 2.67. The van der Waals surface area contributed by atoms with Gasteiger partial charge in [-0.25, -0.2) is 4.98 Å². The summed E-state index contributed by atoms with van der Waals surface area (Å²) in [6.45, 7) is 3.90. The van der Waals surface area contributed by atoms with E-state index in [0.29, 0.717) is 0 Å². The first-order valence-electron chi connectivity index (χ1n) is 4.89. The molecule has 4 nitrogen and oxygen atoms in total. The highest BCUT2D eigenvalue weighted by Gasteiger charge is 2.07. The van der Waals surface area contributed by atoms with Crippen LogP contribution in [0, 0.1) is 6.92 Å². The molecule has 0 fully saturated rings. The maximum atomic E-state index is 5.84. The zero-order chi connectivity index (χ0) is 10.8. The van der Waals surface area contributed by atoms with Gasteiger partial charge in [-0.2, -0.15) is 0 Å². The first kappa shape index (κ1) is 9.86. The van der Waals surface area contributed by atoms with Crippen LogP contribution in [0.3, 0.4) is 0 Å². The fraction of sp³-hybridized carbons (Fsp3) is 0.273. The van der Waals surface area contributed by atoms with Crippen molar-refractivity contribution in [3.63, 3.8) is 0 Å². The van der Waals surface area contributed by atoms with Crippen LogP contribution in [0.25, 0.3) is 5.69 Å². The summed E-state index contributed by atoms with van der Waals surface area (Å²) in [6.07, 6.45) is 5.36. The summed E-state index contributed by atoms with van der Waals surface area (Å²) < 4.78 is 1.96. The summed E-state index contributed by atoms with van der Waals surface area (Å²) >= 11 is 0. The Morgan fingerprint density at radius 3 is 2.73 bits per heavy atom. The number of nitrogens with zero attached hydrogens (tertiary/aromatic N) is 3. The number of nitrogens with two attached hydrogens (primary N) is 1. The number of imidazole rings is 1. The summed E-state index contributed by atoms with van der Waals surface area (Å²) in [5.41, 5.74) is 8.82. The van der Waals surface area contributed by atoms with Crippen molar-refractivity contribution in [3.05, 3.63) is 42.2 Å². The van der Waals surface area contributed by atoms with Gasteiger partial charge in [-0.1, -0.05) is 0 Å². The van der Waals surface area contributed by atoms with Crippen LogP contribution in [0.4, 0.5) is 0 Å². The summed E-state index contributed by atoms with van der Waals surface area (Å²) in [5, 5.41) is 0. The summed E-state index contributed by atoms with van der Waals surface area (Å²) in [7, 11) is 0. The molecule has 0 spiro atoms. The minimum absolute atomic E-state index is 0.0335. The van der Waals surface area contributed by atoms with E-state index in [1.54, 1.807) is 12.5 Å². The smallest absolute Gasteiger partial charge is 0.0995 e. The van der Waals surface area contributed by atoms with Crippen molar-refractivity contribution < 1.29 is 0 Å². The fourth-order valence-electron chi connectivity index (χ4n) is 1.46. The van der Waals surface area contributed by atoms with Crippen LogP contribution in [0.15, 0.2) is 30.9 Å². The van der Waals surface area contributed by atoms with Crippen LogP contribution in [-0.4, -0.2) is 14.5 Å². The van der Waals surface area contributed by atoms with Crippen molar-refractivity contribution in [1.29, 1.82) is 0 Å². The standard InChI is InChI=1S/C11H14N4/c1-8-3-4-10(5-14-8)15-7-13-6-11(15)9(2)12/h3-7,9H,12H2,1-2H3/t9-/m1/s1. The Hall–Kier alpha value is -1.68. The highest BCUT2D eigenvalue weighted by Crippen LogP contribution is 2.14. The zero-order valence-corrected chi connectivity index (χ0v) is 8.88. The number of hydrogen-bond acceptors (Lipinski definition) is 3. The lowest BCUT2D eigenvalue weighted by molar-refractivity contribution is 0.751. The molecule has 2 heterocycles. The Morgan fingerprint density at radius 1 is 1.33 bits per heavy atom. The van der Waals surface area contributed by atoms with Crippen molar-refractivity contribution in [2.75, 3.05) is 0 Å². The highest BCUT2D eigenvalue weighted by atomic mass is 15.1. The molecule has 78 valence electrons. The van der Waals surface area contributed by atoms with Gasteiger partial charge in [0.15, 0.2) is 0 Å². The Bertz CT molecular complexity index is 442. The van der Waals surface area contributed by atoms with Gasteiger partial charge in [0.1, 0.15) is 0 Å². The molecule has 0 aliphatic rings. The lowest BCUT2D eigenvalue weighted by Crippen LogP contribution is -2.10. The lowest BCUT2D eigenvalue weighted by atomic mass is 10.2. The van der Waals surface area contributed by atoms with Gasteiger partial charge in [0, 0.05) is 11.7 Å². The van der Waals surface area contributed by atoms with Gasteiger partial charge in [0.2, 0.25) is 0 Å². The van der Waals surface area contributed by atoms with Crippen molar-refractivity contribution in [3.8, 4) is 5.69 Å². The quantitative estimate of drug-likeness (QED) is 0.804. The molecular weight excluding hydrogens is 188 g/mol. The molecule has 0 aromatic carbocycles. The van der Waals surface area contributed by atoms with Gasteiger partial charge in [-0.15, -0.1) is 0 Å². The minimum atomic E-state index is -0.0335. The highest BCUT2D eigenvalue weighted by molar-refractivity contribution is 5.32. The van der Waals surface area contributed by atoms with E-state index in [-0.39, 0.29) is 6.04 Å². The van der Waals surface area contributed by atoms with E-state index in [1.165, 1.54) is 0 Å². The van der Waals surface area contributed by atoms with Crippen molar-refractivity contribution in [1.82, 2.24) is 14.5 Å². The van der Waals surface area contributed by atoms with Crippen molar-refractivity contribution in [2.45, 2.75) is 19.9 Å². The lowest BCUT2D eigenvalue weighted by Gasteiger charge is -2.10. The molecule has 0 saturated heterocycles. The van der Waals surface area contributed by atoms with E-state index in [9.17, 15) is 0 Å². The van der Waals surface area contributed by atoms with Crippen LogP contribution in [0.5, 0.6) is 0 Å². The molecule has 2 rings (SSSR count). The van der Waals surface area contributed by atoms with Gasteiger partial charge < -0.3 is 10.3 Å². The monoisotopic (exact) mass is 202 g/mol. The van der Waals surface area contributed by atoms with Gasteiger partial charge in [0.25, 0.3) is 0 Å². The first-order chi connectivity index (χ1) is 7.18. The van der Waals surface area contributed by atoms with Crippen LogP contribution in [0.1, 0.15) is 24.4 Å². The van der Waals surface area contributed by atoms with E-state index < -0.39 is 0 Å². The largest absolute Gasteiger partial charge is 0.323 e. The third kappa shape index (κ3) is 1.89. The molecule has 0 saturated carbocycles. The zero-order valence-electron chi connectivity index (χ0n) is 8.88. The topological polar surface area (TPSA) is 56.7 Å². The number of hydrogen-bond donors (Lipinski definition) is 1. The second-order valence-corrected chi connectivity index (χ2v) is 3.63. The second kappa shape index (κ2) is 3.82. The number of aryl methyl sites for hydroxylation is 1. The molecule has 15 heavy (non-hydrogen) atoms. The molecule has 2 aromatic rings. The Balaban J connectivity index is 2.45. The molecule has 0 aliphatic carbocycles. The third-order valence-electron chi connectivity index (χ3n) is 2.31. The predicted molar refractivity (Wildman–Crippen MR) is 58.7 cm³/mol. The van der Waals surface area contributed by atoms with Crippen molar-refractivity contribution >= 4 is 0 Å². The third-order valence-corrected chi connectivity index (χ3v) is 2.31. The van der Waals surface area contributed by atoms with E-state index in [0.717, 1.165) is 17.1 Å². The van der Waals surface area contributed by atoms with Crippen LogP contribution in [-0.2, 0) is 0 Å². The molecule has 0 unspecified atom stereocenters. The minimum Gasteiger partial charge on any atom is -0.323 e. The van der Waals surface area contributed by atoms with Crippen LogP contribution in [0.2, 0.25) is 0 Å². The molecular formula is C11H14N4. The van der Waals surface area contributed by atoms with Crippen molar-refractivity contribution in [2.24, 2.45) is 5.73 Å². The molecule has 4 heteroatoms.